The van der Waals surface area contributed by atoms with Gasteiger partial charge in [-0.2, -0.15) is 5.10 Å². The number of amides is 1. The minimum atomic E-state index is -0.427. The summed E-state index contributed by atoms with van der Waals surface area (Å²) in [5, 5.41) is 11.7. The second-order valence-electron chi connectivity index (χ2n) is 6.03. The molecule has 0 unspecified atom stereocenters. The Kier molecular flexibility index (Phi) is 4.61. The van der Waals surface area contributed by atoms with E-state index in [0.717, 1.165) is 31.6 Å². The van der Waals surface area contributed by atoms with Crippen molar-refractivity contribution in [2.75, 3.05) is 23.3 Å². The molecule has 7 nitrogen and oxygen atoms in total. The SMILES string of the molecule is O=C(Cc1csc(-c2ncn[nH]2)n1)Nc1c(F)cccc1N1CCCC1. The standard InChI is InChI=1S/C17H17FN6OS/c18-12-4-3-5-13(24-6-1-2-7-24)15(12)22-14(25)8-11-9-26-17(21-11)16-19-10-20-23-16/h3-5,9-10H,1-2,6-8H2,(H,22,25)(H,19,20,23). The summed E-state index contributed by atoms with van der Waals surface area (Å²) in [5.74, 6) is -0.166. The predicted molar refractivity (Wildman–Crippen MR) is 97.7 cm³/mol. The lowest BCUT2D eigenvalue weighted by molar-refractivity contribution is -0.115. The number of hydrogen-bond acceptors (Lipinski definition) is 6. The van der Waals surface area contributed by atoms with Crippen LogP contribution in [0, 0.1) is 5.82 Å². The lowest BCUT2D eigenvalue weighted by Gasteiger charge is -2.21. The summed E-state index contributed by atoms with van der Waals surface area (Å²) in [6.45, 7) is 1.75. The predicted octanol–water partition coefficient (Wildman–Crippen LogP) is 2.85. The fraction of sp³-hybridized carbons (Fsp3) is 0.294. The minimum absolute atomic E-state index is 0.0679. The van der Waals surface area contributed by atoms with Gasteiger partial charge in [0, 0.05) is 18.5 Å². The molecule has 0 bridgehead atoms. The van der Waals surface area contributed by atoms with Crippen LogP contribution in [0.4, 0.5) is 15.8 Å². The van der Waals surface area contributed by atoms with Gasteiger partial charge in [-0.25, -0.2) is 14.4 Å². The maximum absolute atomic E-state index is 14.3. The molecule has 1 aliphatic heterocycles. The van der Waals surface area contributed by atoms with Gasteiger partial charge in [0.2, 0.25) is 5.91 Å². The van der Waals surface area contributed by atoms with Gasteiger partial charge in [-0.3, -0.25) is 9.89 Å². The molecule has 3 heterocycles. The number of aromatic nitrogens is 4. The zero-order valence-electron chi connectivity index (χ0n) is 13.9. The summed E-state index contributed by atoms with van der Waals surface area (Å²) < 4.78 is 14.3. The van der Waals surface area contributed by atoms with Crippen LogP contribution in [0.1, 0.15) is 18.5 Å². The van der Waals surface area contributed by atoms with Gasteiger partial charge in [-0.1, -0.05) is 6.07 Å². The first kappa shape index (κ1) is 16.6. The Bertz CT molecular complexity index is 904. The molecular formula is C17H17FN6OS. The number of hydrogen-bond donors (Lipinski definition) is 2. The number of nitrogens with one attached hydrogen (secondary N) is 2. The molecule has 0 spiro atoms. The van der Waals surface area contributed by atoms with Crippen LogP contribution in [0.5, 0.6) is 0 Å². The van der Waals surface area contributed by atoms with Crippen molar-refractivity contribution >= 4 is 28.6 Å². The number of rotatable bonds is 5. The Balaban J connectivity index is 1.48. The summed E-state index contributed by atoms with van der Waals surface area (Å²) in [7, 11) is 0. The van der Waals surface area contributed by atoms with Crippen molar-refractivity contribution in [3.05, 3.63) is 41.4 Å². The second kappa shape index (κ2) is 7.20. The van der Waals surface area contributed by atoms with Gasteiger partial charge in [0.15, 0.2) is 10.8 Å². The molecule has 3 aromatic rings. The fourth-order valence-corrected chi connectivity index (χ4v) is 3.78. The van der Waals surface area contributed by atoms with E-state index in [1.54, 1.807) is 11.4 Å². The molecule has 26 heavy (non-hydrogen) atoms. The van der Waals surface area contributed by atoms with Crippen molar-refractivity contribution in [2.24, 2.45) is 0 Å². The van der Waals surface area contributed by atoms with Crippen molar-refractivity contribution in [1.29, 1.82) is 0 Å². The monoisotopic (exact) mass is 372 g/mol. The van der Waals surface area contributed by atoms with E-state index in [1.807, 2.05) is 6.07 Å². The van der Waals surface area contributed by atoms with E-state index in [-0.39, 0.29) is 18.0 Å². The smallest absolute Gasteiger partial charge is 0.230 e. The van der Waals surface area contributed by atoms with Crippen molar-refractivity contribution in [1.82, 2.24) is 20.2 Å². The highest BCUT2D eigenvalue weighted by Crippen LogP contribution is 2.31. The molecule has 2 aromatic heterocycles. The van der Waals surface area contributed by atoms with E-state index in [2.05, 4.69) is 30.4 Å². The number of benzene rings is 1. The highest BCUT2D eigenvalue weighted by molar-refractivity contribution is 7.13. The normalized spacial score (nSPS) is 14.0. The van der Waals surface area contributed by atoms with Gasteiger partial charge < -0.3 is 10.2 Å². The lowest BCUT2D eigenvalue weighted by Crippen LogP contribution is -2.22. The average molecular weight is 372 g/mol. The van der Waals surface area contributed by atoms with Crippen LogP contribution in [0.2, 0.25) is 0 Å². The average Bonchev–Trinajstić information content (AvgIpc) is 3.39. The van der Waals surface area contributed by atoms with E-state index in [9.17, 15) is 9.18 Å². The first-order valence-electron chi connectivity index (χ1n) is 8.34. The number of nitrogens with zero attached hydrogens (tertiary/aromatic N) is 4. The van der Waals surface area contributed by atoms with Gasteiger partial charge in [0.1, 0.15) is 17.8 Å². The van der Waals surface area contributed by atoms with Crippen molar-refractivity contribution in [3.8, 4) is 10.8 Å². The topological polar surface area (TPSA) is 86.8 Å². The second-order valence-corrected chi connectivity index (χ2v) is 6.89. The first-order valence-corrected chi connectivity index (χ1v) is 9.22. The summed E-state index contributed by atoms with van der Waals surface area (Å²) in [6.07, 6.45) is 3.62. The Hall–Kier alpha value is -2.81. The van der Waals surface area contributed by atoms with Crippen LogP contribution in [0.3, 0.4) is 0 Å². The number of anilines is 2. The molecule has 0 aliphatic carbocycles. The van der Waals surface area contributed by atoms with E-state index < -0.39 is 5.82 Å². The van der Waals surface area contributed by atoms with Crippen molar-refractivity contribution in [2.45, 2.75) is 19.3 Å². The summed E-state index contributed by atoms with van der Waals surface area (Å²) in [6, 6.07) is 4.87. The summed E-state index contributed by atoms with van der Waals surface area (Å²) >= 11 is 1.38. The van der Waals surface area contributed by atoms with Gasteiger partial charge in [-0.05, 0) is 25.0 Å². The maximum atomic E-state index is 14.3. The molecule has 1 aliphatic rings. The Morgan fingerprint density at radius 1 is 1.35 bits per heavy atom. The minimum Gasteiger partial charge on any atom is -0.370 e. The number of halogens is 1. The molecule has 1 amide bonds. The molecule has 0 saturated carbocycles. The third-order valence-corrected chi connectivity index (χ3v) is 5.11. The molecule has 1 fully saturated rings. The molecule has 2 N–H and O–H groups in total. The van der Waals surface area contributed by atoms with Gasteiger partial charge in [0.05, 0.1) is 17.8 Å². The number of H-pyrrole nitrogens is 1. The van der Waals surface area contributed by atoms with Crippen LogP contribution in [-0.4, -0.2) is 39.2 Å². The highest BCUT2D eigenvalue weighted by Gasteiger charge is 2.20. The fourth-order valence-electron chi connectivity index (χ4n) is 3.01. The molecule has 9 heteroatoms. The van der Waals surface area contributed by atoms with Gasteiger partial charge in [-0.15, -0.1) is 11.3 Å². The third kappa shape index (κ3) is 3.43. The Morgan fingerprint density at radius 2 is 2.19 bits per heavy atom. The van der Waals surface area contributed by atoms with Gasteiger partial charge in [0.25, 0.3) is 0 Å². The molecule has 134 valence electrons. The largest absolute Gasteiger partial charge is 0.370 e. The Labute approximate surface area is 153 Å². The molecule has 1 saturated heterocycles. The van der Waals surface area contributed by atoms with Crippen LogP contribution in [0.15, 0.2) is 29.9 Å². The van der Waals surface area contributed by atoms with Crippen LogP contribution in [-0.2, 0) is 11.2 Å². The zero-order valence-corrected chi connectivity index (χ0v) is 14.7. The summed E-state index contributed by atoms with van der Waals surface area (Å²) in [4.78, 5) is 22.9. The number of carbonyl (C=O) groups excluding carboxylic acids is 1. The third-order valence-electron chi connectivity index (χ3n) is 4.21. The number of carbonyl (C=O) groups is 1. The van der Waals surface area contributed by atoms with Crippen molar-refractivity contribution in [3.63, 3.8) is 0 Å². The quantitative estimate of drug-likeness (QED) is 0.719. The van der Waals surface area contributed by atoms with Crippen LogP contribution in [0.25, 0.3) is 10.8 Å². The molecule has 4 rings (SSSR count). The molecule has 0 radical (unpaired) electrons. The number of thiazole rings is 1. The molecule has 1 aromatic carbocycles. The van der Waals surface area contributed by atoms with Crippen LogP contribution >= 0.6 is 11.3 Å². The Morgan fingerprint density at radius 3 is 2.96 bits per heavy atom. The van der Waals surface area contributed by atoms with Crippen molar-refractivity contribution < 1.29 is 9.18 Å². The van der Waals surface area contributed by atoms with E-state index in [0.29, 0.717) is 16.5 Å². The molecule has 0 atom stereocenters. The van der Waals surface area contributed by atoms with E-state index in [4.69, 9.17) is 0 Å². The number of para-hydroxylation sites is 1. The van der Waals surface area contributed by atoms with E-state index >= 15 is 0 Å². The maximum Gasteiger partial charge on any atom is 0.230 e. The highest BCUT2D eigenvalue weighted by atomic mass is 32.1. The first-order chi connectivity index (χ1) is 12.7. The zero-order chi connectivity index (χ0) is 17.9. The lowest BCUT2D eigenvalue weighted by atomic mass is 10.2. The van der Waals surface area contributed by atoms with E-state index in [1.165, 1.54) is 23.7 Å². The summed E-state index contributed by atoms with van der Waals surface area (Å²) in [5.41, 5.74) is 1.58. The molecular weight excluding hydrogens is 355 g/mol. The van der Waals surface area contributed by atoms with Gasteiger partial charge >= 0.3 is 0 Å². The number of aromatic amines is 1. The van der Waals surface area contributed by atoms with Crippen LogP contribution < -0.4 is 10.2 Å².